The Kier molecular flexibility index (Phi) is 7.08. The van der Waals surface area contributed by atoms with Crippen LogP contribution in [0, 0.1) is 0 Å². The molecule has 1 aromatic rings. The van der Waals surface area contributed by atoms with Gasteiger partial charge in [0.25, 0.3) is 0 Å². The highest BCUT2D eigenvalue weighted by Crippen LogP contribution is 2.10. The van der Waals surface area contributed by atoms with E-state index in [1.54, 1.807) is 11.8 Å². The van der Waals surface area contributed by atoms with Crippen LogP contribution in [0.3, 0.4) is 0 Å². The lowest BCUT2D eigenvalue weighted by Gasteiger charge is -2.05. The molecule has 0 aliphatic rings. The van der Waals surface area contributed by atoms with Crippen molar-refractivity contribution in [1.82, 2.24) is 5.32 Å². The zero-order valence-electron chi connectivity index (χ0n) is 9.62. The molecule has 0 aliphatic carbocycles. The van der Waals surface area contributed by atoms with Crippen molar-refractivity contribution in [2.75, 3.05) is 24.6 Å². The molecule has 0 unspecified atom stereocenters. The van der Waals surface area contributed by atoms with Crippen LogP contribution in [0.5, 0.6) is 0 Å². The van der Waals surface area contributed by atoms with E-state index in [2.05, 4.69) is 5.32 Å². The summed E-state index contributed by atoms with van der Waals surface area (Å²) in [7, 11) is 0. The molecule has 0 heterocycles. The zero-order valence-corrected chi connectivity index (χ0v) is 11.2. The topological polar surface area (TPSA) is 55.1 Å². The minimum absolute atomic E-state index is 0.0606. The Hall–Kier alpha value is -0.710. The fourth-order valence-corrected chi connectivity index (χ4v) is 2.15. The van der Waals surface area contributed by atoms with E-state index in [1.807, 2.05) is 24.3 Å². The molecule has 0 spiro atoms. The molecule has 0 saturated heterocycles. The lowest BCUT2D eigenvalue weighted by atomic mass is 10.1. The van der Waals surface area contributed by atoms with E-state index < -0.39 is 0 Å². The highest BCUT2D eigenvalue weighted by molar-refractivity contribution is 7.99. The molecule has 3 N–H and O–H groups in total. The molecule has 1 rings (SSSR count). The van der Waals surface area contributed by atoms with Crippen LogP contribution in [-0.2, 0) is 11.2 Å². The average Bonchev–Trinajstić information content (AvgIpc) is 2.29. The number of hydrogen-bond acceptors (Lipinski definition) is 3. The summed E-state index contributed by atoms with van der Waals surface area (Å²) in [5, 5.41) is 3.59. The van der Waals surface area contributed by atoms with E-state index >= 15 is 0 Å². The van der Waals surface area contributed by atoms with Crippen LogP contribution in [0.15, 0.2) is 24.3 Å². The van der Waals surface area contributed by atoms with Crippen molar-refractivity contribution in [3.05, 3.63) is 34.9 Å². The molecule has 1 amide bonds. The first-order valence-corrected chi connectivity index (χ1v) is 7.04. The molecule has 0 fully saturated rings. The van der Waals surface area contributed by atoms with Gasteiger partial charge >= 0.3 is 0 Å². The largest absolute Gasteiger partial charge is 0.355 e. The van der Waals surface area contributed by atoms with Crippen LogP contribution < -0.4 is 11.1 Å². The van der Waals surface area contributed by atoms with E-state index in [0.717, 1.165) is 22.8 Å². The number of hydrogen-bond donors (Lipinski definition) is 2. The summed E-state index contributed by atoms with van der Waals surface area (Å²) in [6.45, 7) is 1.25. The number of rotatable bonds is 7. The molecule has 0 radical (unpaired) electrons. The van der Waals surface area contributed by atoms with Gasteiger partial charge in [-0.25, -0.2) is 0 Å². The third-order valence-corrected chi connectivity index (χ3v) is 3.35. The standard InChI is InChI=1S/C12H17ClN2OS/c13-11-3-1-2-10(8-11)4-6-15-12(16)9-17-7-5-14/h1-3,8H,4-7,9,14H2,(H,15,16). The predicted molar refractivity (Wildman–Crippen MR) is 74.5 cm³/mol. The Labute approximate surface area is 111 Å². The molecule has 5 heteroatoms. The Morgan fingerprint density at radius 1 is 1.47 bits per heavy atom. The molecule has 1 aromatic carbocycles. The summed E-state index contributed by atoms with van der Waals surface area (Å²) in [5.74, 6) is 1.36. The van der Waals surface area contributed by atoms with Crippen molar-refractivity contribution >= 4 is 29.3 Å². The van der Waals surface area contributed by atoms with Crippen LogP contribution in [0.4, 0.5) is 0 Å². The van der Waals surface area contributed by atoms with E-state index in [1.165, 1.54) is 0 Å². The second-order valence-corrected chi connectivity index (χ2v) is 5.11. The van der Waals surface area contributed by atoms with E-state index in [4.69, 9.17) is 17.3 Å². The van der Waals surface area contributed by atoms with Gasteiger partial charge in [0.05, 0.1) is 5.75 Å². The first kappa shape index (κ1) is 14.4. The Bertz CT molecular complexity index is 360. The maximum Gasteiger partial charge on any atom is 0.230 e. The van der Waals surface area contributed by atoms with Gasteiger partial charge in [-0.2, -0.15) is 11.8 Å². The summed E-state index contributed by atoms with van der Waals surface area (Å²) in [6.07, 6.45) is 0.799. The summed E-state index contributed by atoms with van der Waals surface area (Å²) in [4.78, 5) is 11.4. The van der Waals surface area contributed by atoms with Gasteiger partial charge < -0.3 is 11.1 Å². The van der Waals surface area contributed by atoms with Crippen LogP contribution in [0.25, 0.3) is 0 Å². The normalized spacial score (nSPS) is 10.2. The van der Waals surface area contributed by atoms with Gasteiger partial charge in [-0.15, -0.1) is 0 Å². The van der Waals surface area contributed by atoms with Crippen molar-refractivity contribution in [3.8, 4) is 0 Å². The molecule has 3 nitrogen and oxygen atoms in total. The molecule has 17 heavy (non-hydrogen) atoms. The summed E-state index contributed by atoms with van der Waals surface area (Å²) in [6, 6.07) is 7.67. The minimum Gasteiger partial charge on any atom is -0.355 e. The molecule has 94 valence electrons. The van der Waals surface area contributed by atoms with Crippen molar-refractivity contribution in [2.24, 2.45) is 5.73 Å². The Morgan fingerprint density at radius 3 is 3.00 bits per heavy atom. The zero-order chi connectivity index (χ0) is 12.5. The number of benzene rings is 1. The quantitative estimate of drug-likeness (QED) is 0.743. The summed E-state index contributed by atoms with van der Waals surface area (Å²) in [5.41, 5.74) is 6.47. The van der Waals surface area contributed by atoms with Gasteiger partial charge in [-0.05, 0) is 24.1 Å². The van der Waals surface area contributed by atoms with Gasteiger partial charge in [-0.3, -0.25) is 4.79 Å². The van der Waals surface area contributed by atoms with Gasteiger partial charge in [-0.1, -0.05) is 23.7 Å². The molecule has 0 aromatic heterocycles. The number of amides is 1. The fraction of sp³-hybridized carbons (Fsp3) is 0.417. The molecule has 0 atom stereocenters. The highest BCUT2D eigenvalue weighted by Gasteiger charge is 2.00. The van der Waals surface area contributed by atoms with Crippen molar-refractivity contribution in [3.63, 3.8) is 0 Å². The second kappa shape index (κ2) is 8.39. The second-order valence-electron chi connectivity index (χ2n) is 3.57. The average molecular weight is 273 g/mol. The van der Waals surface area contributed by atoms with Gasteiger partial charge in [0.2, 0.25) is 5.91 Å². The fourth-order valence-electron chi connectivity index (χ4n) is 1.34. The van der Waals surface area contributed by atoms with E-state index in [-0.39, 0.29) is 5.91 Å². The van der Waals surface area contributed by atoms with Crippen LogP contribution >= 0.6 is 23.4 Å². The third kappa shape index (κ3) is 6.56. The van der Waals surface area contributed by atoms with Crippen LogP contribution in [0.1, 0.15) is 5.56 Å². The lowest BCUT2D eigenvalue weighted by Crippen LogP contribution is -2.27. The lowest BCUT2D eigenvalue weighted by molar-refractivity contribution is -0.118. The minimum atomic E-state index is 0.0606. The Morgan fingerprint density at radius 2 is 2.29 bits per heavy atom. The number of carbonyl (C=O) groups excluding carboxylic acids is 1. The molecule has 0 bridgehead atoms. The number of halogens is 1. The van der Waals surface area contributed by atoms with Gasteiger partial charge in [0.15, 0.2) is 0 Å². The summed E-state index contributed by atoms with van der Waals surface area (Å²) < 4.78 is 0. The molecular formula is C12H17ClN2OS. The molecule has 0 aliphatic heterocycles. The number of nitrogens with two attached hydrogens (primary N) is 1. The maximum absolute atomic E-state index is 11.4. The molecular weight excluding hydrogens is 256 g/mol. The van der Waals surface area contributed by atoms with Crippen molar-refractivity contribution in [1.29, 1.82) is 0 Å². The number of thioether (sulfide) groups is 1. The Balaban J connectivity index is 2.17. The van der Waals surface area contributed by atoms with Gasteiger partial charge in [0.1, 0.15) is 0 Å². The van der Waals surface area contributed by atoms with E-state index in [0.29, 0.717) is 18.8 Å². The number of nitrogens with one attached hydrogen (secondary N) is 1. The smallest absolute Gasteiger partial charge is 0.230 e. The van der Waals surface area contributed by atoms with Gasteiger partial charge in [0, 0.05) is 23.9 Å². The summed E-state index contributed by atoms with van der Waals surface area (Å²) >= 11 is 7.42. The maximum atomic E-state index is 11.4. The monoisotopic (exact) mass is 272 g/mol. The highest BCUT2D eigenvalue weighted by atomic mass is 35.5. The van der Waals surface area contributed by atoms with Crippen LogP contribution in [-0.4, -0.2) is 30.5 Å². The molecule has 0 saturated carbocycles. The number of carbonyl (C=O) groups is 1. The van der Waals surface area contributed by atoms with Crippen molar-refractivity contribution < 1.29 is 4.79 Å². The first-order chi connectivity index (χ1) is 8.22. The van der Waals surface area contributed by atoms with Crippen LogP contribution in [0.2, 0.25) is 5.02 Å². The van der Waals surface area contributed by atoms with Crippen molar-refractivity contribution in [2.45, 2.75) is 6.42 Å². The first-order valence-electron chi connectivity index (χ1n) is 5.51. The van der Waals surface area contributed by atoms with E-state index in [9.17, 15) is 4.79 Å². The SMILES string of the molecule is NCCSCC(=O)NCCc1cccc(Cl)c1. The third-order valence-electron chi connectivity index (χ3n) is 2.12. The predicted octanol–water partition coefficient (Wildman–Crippen LogP) is 1.69.